The standard InChI is InChI=1S/C22H27NO4/c1-21(2,3)27-20(24)23-15-22(4,25)26-19(17-13-9-6-10-14-17)18(23)16-11-7-5-8-12-16/h5-14,18-19,25H,15H2,1-4H3/t18-,19+,22?/m1/s1. The summed E-state index contributed by atoms with van der Waals surface area (Å²) in [6, 6.07) is 18.9. The quantitative estimate of drug-likeness (QED) is 0.850. The fourth-order valence-corrected chi connectivity index (χ4v) is 3.35. The summed E-state index contributed by atoms with van der Waals surface area (Å²) in [4.78, 5) is 14.6. The highest BCUT2D eigenvalue weighted by Gasteiger charge is 2.46. The summed E-state index contributed by atoms with van der Waals surface area (Å²) in [6.07, 6.45) is -0.995. The van der Waals surface area contributed by atoms with E-state index in [1.807, 2.05) is 81.4 Å². The van der Waals surface area contributed by atoms with Crippen LogP contribution in [0, 0.1) is 0 Å². The molecule has 1 unspecified atom stereocenters. The van der Waals surface area contributed by atoms with Gasteiger partial charge in [-0.2, -0.15) is 0 Å². The molecule has 0 bridgehead atoms. The van der Waals surface area contributed by atoms with Gasteiger partial charge in [-0.15, -0.1) is 0 Å². The number of nitrogens with zero attached hydrogens (tertiary/aromatic N) is 1. The van der Waals surface area contributed by atoms with Crippen molar-refractivity contribution < 1.29 is 19.4 Å². The van der Waals surface area contributed by atoms with Crippen molar-refractivity contribution in [3.05, 3.63) is 71.8 Å². The van der Waals surface area contributed by atoms with E-state index in [9.17, 15) is 9.90 Å². The van der Waals surface area contributed by atoms with E-state index in [2.05, 4.69) is 0 Å². The Hall–Kier alpha value is -2.37. The number of benzene rings is 2. The van der Waals surface area contributed by atoms with Gasteiger partial charge >= 0.3 is 6.09 Å². The number of β-amino-alcohol motifs (C(OH)–C–C–N with tert-alkyl or cyclic N) is 1. The van der Waals surface area contributed by atoms with Gasteiger partial charge in [-0.3, -0.25) is 4.90 Å². The summed E-state index contributed by atoms with van der Waals surface area (Å²) in [7, 11) is 0. The van der Waals surface area contributed by atoms with Gasteiger partial charge in [-0.05, 0) is 38.8 Å². The number of hydrogen-bond donors (Lipinski definition) is 1. The highest BCUT2D eigenvalue weighted by Crippen LogP contribution is 2.44. The number of aliphatic hydroxyl groups is 1. The van der Waals surface area contributed by atoms with Crippen molar-refractivity contribution in [2.24, 2.45) is 0 Å². The number of ether oxygens (including phenoxy) is 2. The first-order valence-corrected chi connectivity index (χ1v) is 9.16. The van der Waals surface area contributed by atoms with Crippen molar-refractivity contribution in [1.29, 1.82) is 0 Å². The first-order valence-electron chi connectivity index (χ1n) is 9.16. The molecule has 5 nitrogen and oxygen atoms in total. The normalized spacial score (nSPS) is 25.9. The Morgan fingerprint density at radius 1 is 1.07 bits per heavy atom. The van der Waals surface area contributed by atoms with Crippen LogP contribution in [0.4, 0.5) is 4.79 Å². The molecule has 1 amide bonds. The molecule has 3 atom stereocenters. The number of carbonyl (C=O) groups excluding carboxylic acids is 1. The van der Waals surface area contributed by atoms with Gasteiger partial charge in [-0.25, -0.2) is 4.79 Å². The van der Waals surface area contributed by atoms with E-state index in [0.29, 0.717) is 0 Å². The molecule has 144 valence electrons. The summed E-state index contributed by atoms with van der Waals surface area (Å²) in [5.41, 5.74) is 1.18. The summed E-state index contributed by atoms with van der Waals surface area (Å²) in [5, 5.41) is 10.7. The molecule has 1 aliphatic rings. The minimum Gasteiger partial charge on any atom is -0.444 e. The van der Waals surface area contributed by atoms with Crippen molar-refractivity contribution in [3.63, 3.8) is 0 Å². The number of rotatable bonds is 2. The lowest BCUT2D eigenvalue weighted by Gasteiger charge is -2.47. The van der Waals surface area contributed by atoms with Crippen LogP contribution < -0.4 is 0 Å². The number of carbonyl (C=O) groups is 1. The molecular formula is C22H27NO4. The zero-order valence-corrected chi connectivity index (χ0v) is 16.3. The number of amides is 1. The second-order valence-electron chi connectivity index (χ2n) is 8.09. The molecule has 3 rings (SSSR count). The van der Waals surface area contributed by atoms with Gasteiger partial charge in [0.2, 0.25) is 0 Å². The predicted molar refractivity (Wildman–Crippen MR) is 103 cm³/mol. The van der Waals surface area contributed by atoms with Crippen LogP contribution in [0.15, 0.2) is 60.7 Å². The van der Waals surface area contributed by atoms with E-state index in [4.69, 9.17) is 9.47 Å². The van der Waals surface area contributed by atoms with Crippen molar-refractivity contribution in [2.75, 3.05) is 6.54 Å². The zero-order valence-electron chi connectivity index (χ0n) is 16.3. The highest BCUT2D eigenvalue weighted by molar-refractivity contribution is 5.69. The molecule has 0 saturated carbocycles. The first-order chi connectivity index (χ1) is 12.7. The van der Waals surface area contributed by atoms with E-state index in [0.717, 1.165) is 11.1 Å². The van der Waals surface area contributed by atoms with Crippen molar-refractivity contribution in [1.82, 2.24) is 4.90 Å². The summed E-state index contributed by atoms with van der Waals surface area (Å²) < 4.78 is 11.7. The number of hydrogen-bond acceptors (Lipinski definition) is 4. The largest absolute Gasteiger partial charge is 0.444 e. The topological polar surface area (TPSA) is 59.0 Å². The van der Waals surface area contributed by atoms with Gasteiger partial charge in [0.05, 0.1) is 12.6 Å². The van der Waals surface area contributed by atoms with Crippen LogP contribution in [0.25, 0.3) is 0 Å². The minimum atomic E-state index is -1.48. The van der Waals surface area contributed by atoms with Crippen LogP contribution in [-0.4, -0.2) is 34.0 Å². The third kappa shape index (κ3) is 4.67. The van der Waals surface area contributed by atoms with Gasteiger partial charge in [-0.1, -0.05) is 60.7 Å². The Labute approximate surface area is 160 Å². The second-order valence-corrected chi connectivity index (χ2v) is 8.09. The lowest BCUT2D eigenvalue weighted by molar-refractivity contribution is -0.272. The molecule has 0 aliphatic carbocycles. The lowest BCUT2D eigenvalue weighted by atomic mass is 9.92. The second kappa shape index (κ2) is 7.33. The molecule has 27 heavy (non-hydrogen) atoms. The maximum absolute atomic E-state index is 13.0. The Morgan fingerprint density at radius 3 is 2.11 bits per heavy atom. The maximum atomic E-state index is 13.0. The smallest absolute Gasteiger partial charge is 0.411 e. The average Bonchev–Trinajstić information content (AvgIpc) is 2.60. The van der Waals surface area contributed by atoms with E-state index < -0.39 is 29.6 Å². The Bertz CT molecular complexity index is 768. The maximum Gasteiger partial charge on any atom is 0.411 e. The fraction of sp³-hybridized carbons (Fsp3) is 0.409. The minimum absolute atomic E-state index is 0.0187. The summed E-state index contributed by atoms with van der Waals surface area (Å²) in [5.74, 6) is -1.48. The highest BCUT2D eigenvalue weighted by atomic mass is 16.6. The molecular weight excluding hydrogens is 342 g/mol. The summed E-state index contributed by atoms with van der Waals surface area (Å²) >= 11 is 0. The first kappa shape index (κ1) is 19.4. The predicted octanol–water partition coefficient (Wildman–Crippen LogP) is 4.44. The van der Waals surface area contributed by atoms with Crippen LogP contribution >= 0.6 is 0 Å². The van der Waals surface area contributed by atoms with Crippen LogP contribution in [0.3, 0.4) is 0 Å². The van der Waals surface area contributed by atoms with Crippen LogP contribution in [-0.2, 0) is 9.47 Å². The Morgan fingerprint density at radius 2 is 1.59 bits per heavy atom. The van der Waals surface area contributed by atoms with Gasteiger partial charge in [0, 0.05) is 0 Å². The monoisotopic (exact) mass is 369 g/mol. The molecule has 2 aromatic rings. The van der Waals surface area contributed by atoms with E-state index >= 15 is 0 Å². The Balaban J connectivity index is 2.06. The molecule has 0 radical (unpaired) electrons. The molecule has 1 aliphatic heterocycles. The van der Waals surface area contributed by atoms with Crippen LogP contribution in [0.1, 0.15) is 51.0 Å². The Kier molecular flexibility index (Phi) is 5.27. The third-order valence-corrected chi connectivity index (χ3v) is 4.36. The molecule has 0 aromatic heterocycles. The molecule has 2 aromatic carbocycles. The number of morpholine rings is 1. The zero-order chi connectivity index (χ0) is 19.7. The lowest BCUT2D eigenvalue weighted by Crippen LogP contribution is -2.55. The van der Waals surface area contributed by atoms with E-state index in [1.54, 1.807) is 11.8 Å². The molecule has 1 fully saturated rings. The molecule has 1 N–H and O–H groups in total. The van der Waals surface area contributed by atoms with E-state index in [1.165, 1.54) is 0 Å². The molecule has 1 heterocycles. The van der Waals surface area contributed by atoms with Gasteiger partial charge in [0.1, 0.15) is 11.7 Å². The SMILES string of the molecule is CC(C)(C)OC(=O)N1CC(C)(O)O[C@@H](c2ccccc2)[C@H]1c1ccccc1. The van der Waals surface area contributed by atoms with Gasteiger partial charge in [0.25, 0.3) is 0 Å². The van der Waals surface area contributed by atoms with Gasteiger partial charge < -0.3 is 14.6 Å². The van der Waals surface area contributed by atoms with Crippen molar-refractivity contribution in [3.8, 4) is 0 Å². The van der Waals surface area contributed by atoms with E-state index in [-0.39, 0.29) is 6.54 Å². The van der Waals surface area contributed by atoms with Crippen molar-refractivity contribution in [2.45, 2.75) is 51.2 Å². The molecule has 5 heteroatoms. The van der Waals surface area contributed by atoms with Crippen molar-refractivity contribution >= 4 is 6.09 Å². The fourth-order valence-electron chi connectivity index (χ4n) is 3.35. The average molecular weight is 369 g/mol. The molecule has 1 saturated heterocycles. The van der Waals surface area contributed by atoms with Gasteiger partial charge in [0.15, 0.2) is 5.79 Å². The van der Waals surface area contributed by atoms with Crippen LogP contribution in [0.2, 0.25) is 0 Å². The summed E-state index contributed by atoms with van der Waals surface area (Å²) in [6.45, 7) is 7.08. The van der Waals surface area contributed by atoms with Crippen LogP contribution in [0.5, 0.6) is 0 Å². The third-order valence-electron chi connectivity index (χ3n) is 4.36. The molecule has 0 spiro atoms.